The highest BCUT2D eigenvalue weighted by molar-refractivity contribution is 5.77. The number of carbonyl (C=O) groups is 1. The van der Waals surface area contributed by atoms with Crippen LogP contribution < -0.4 is 9.47 Å². The van der Waals surface area contributed by atoms with Crippen LogP contribution >= 0.6 is 0 Å². The summed E-state index contributed by atoms with van der Waals surface area (Å²) in [6.07, 6.45) is 5.26. The third kappa shape index (κ3) is 4.86. The van der Waals surface area contributed by atoms with Crippen LogP contribution in [-0.2, 0) is 24.1 Å². The van der Waals surface area contributed by atoms with Crippen LogP contribution in [0.25, 0.3) is 0 Å². The molecular formula is C24H31NO3. The topological polar surface area (TPSA) is 38.8 Å². The molecule has 1 amide bonds. The van der Waals surface area contributed by atoms with Crippen molar-refractivity contribution in [2.75, 3.05) is 20.8 Å². The van der Waals surface area contributed by atoms with E-state index in [0.29, 0.717) is 18.9 Å². The molecule has 0 heterocycles. The number of methoxy groups -OCH3 is 2. The highest BCUT2D eigenvalue weighted by Gasteiger charge is 2.26. The minimum atomic E-state index is 0.244. The van der Waals surface area contributed by atoms with Gasteiger partial charge in [0.15, 0.2) is 0 Å². The van der Waals surface area contributed by atoms with E-state index in [4.69, 9.17) is 9.47 Å². The molecule has 28 heavy (non-hydrogen) atoms. The molecule has 3 rings (SSSR count). The molecule has 0 aromatic heterocycles. The SMILES string of the molecule is CCCN(C(=O)CCc1cc(OC)cc(OC)c1)C1CCc2ccccc2C1. The standard InChI is InChI=1S/C24H31NO3/c1-4-13-25(21-11-10-19-7-5-6-8-20(19)16-21)24(26)12-9-18-14-22(27-2)17-23(15-18)28-3/h5-8,14-15,17,21H,4,9-13,16H2,1-3H3. The lowest BCUT2D eigenvalue weighted by molar-refractivity contribution is -0.133. The quantitative estimate of drug-likeness (QED) is 0.679. The number of rotatable bonds is 8. The average molecular weight is 382 g/mol. The average Bonchev–Trinajstić information content (AvgIpc) is 2.75. The van der Waals surface area contributed by atoms with Crippen molar-refractivity contribution < 1.29 is 14.3 Å². The van der Waals surface area contributed by atoms with Crippen LogP contribution in [0.3, 0.4) is 0 Å². The maximum Gasteiger partial charge on any atom is 0.223 e. The molecule has 2 aromatic carbocycles. The summed E-state index contributed by atoms with van der Waals surface area (Å²) in [7, 11) is 3.29. The molecule has 0 bridgehead atoms. The molecular weight excluding hydrogens is 350 g/mol. The second-order valence-electron chi connectivity index (χ2n) is 7.47. The van der Waals surface area contributed by atoms with E-state index in [0.717, 1.165) is 49.3 Å². The third-order valence-electron chi connectivity index (χ3n) is 5.59. The molecule has 0 N–H and O–H groups in total. The number of amides is 1. The summed E-state index contributed by atoms with van der Waals surface area (Å²) in [6, 6.07) is 14.8. The Bertz CT molecular complexity index is 780. The van der Waals surface area contributed by atoms with Crippen molar-refractivity contribution in [2.45, 2.75) is 51.5 Å². The predicted molar refractivity (Wildman–Crippen MR) is 112 cm³/mol. The predicted octanol–water partition coefficient (Wildman–Crippen LogP) is 4.43. The number of fused-ring (bicyclic) bond motifs is 1. The van der Waals surface area contributed by atoms with E-state index in [9.17, 15) is 4.79 Å². The van der Waals surface area contributed by atoms with E-state index >= 15 is 0 Å². The van der Waals surface area contributed by atoms with E-state index in [-0.39, 0.29) is 5.91 Å². The number of benzene rings is 2. The summed E-state index contributed by atoms with van der Waals surface area (Å²) >= 11 is 0. The van der Waals surface area contributed by atoms with Crippen molar-refractivity contribution in [3.63, 3.8) is 0 Å². The lowest BCUT2D eigenvalue weighted by Crippen LogP contribution is -2.44. The molecule has 0 aliphatic heterocycles. The second-order valence-corrected chi connectivity index (χ2v) is 7.47. The highest BCUT2D eigenvalue weighted by Crippen LogP contribution is 2.26. The Morgan fingerprint density at radius 3 is 2.39 bits per heavy atom. The summed E-state index contributed by atoms with van der Waals surface area (Å²) in [6.45, 7) is 2.97. The van der Waals surface area contributed by atoms with Crippen LogP contribution in [-0.4, -0.2) is 37.6 Å². The normalized spacial score (nSPS) is 15.6. The van der Waals surface area contributed by atoms with E-state index < -0.39 is 0 Å². The molecule has 4 heteroatoms. The van der Waals surface area contributed by atoms with Gasteiger partial charge in [-0.3, -0.25) is 4.79 Å². The smallest absolute Gasteiger partial charge is 0.223 e. The molecule has 2 aromatic rings. The van der Waals surface area contributed by atoms with Crippen LogP contribution in [0.15, 0.2) is 42.5 Å². The molecule has 0 fully saturated rings. The van der Waals surface area contributed by atoms with Gasteiger partial charge in [-0.2, -0.15) is 0 Å². The van der Waals surface area contributed by atoms with Gasteiger partial charge in [0.2, 0.25) is 5.91 Å². The van der Waals surface area contributed by atoms with Gasteiger partial charge in [-0.15, -0.1) is 0 Å². The first-order chi connectivity index (χ1) is 13.6. The number of hydrogen-bond donors (Lipinski definition) is 0. The number of nitrogens with zero attached hydrogens (tertiary/aromatic N) is 1. The van der Waals surface area contributed by atoms with Gasteiger partial charge in [-0.1, -0.05) is 31.2 Å². The van der Waals surface area contributed by atoms with E-state index in [1.165, 1.54) is 11.1 Å². The summed E-state index contributed by atoms with van der Waals surface area (Å²) < 4.78 is 10.7. The molecule has 4 nitrogen and oxygen atoms in total. The minimum Gasteiger partial charge on any atom is -0.497 e. The number of hydrogen-bond acceptors (Lipinski definition) is 3. The number of ether oxygens (including phenoxy) is 2. The zero-order chi connectivity index (χ0) is 19.9. The first-order valence-electron chi connectivity index (χ1n) is 10.2. The van der Waals surface area contributed by atoms with Crippen LogP contribution in [0.2, 0.25) is 0 Å². The Kier molecular flexibility index (Phi) is 6.96. The van der Waals surface area contributed by atoms with Crippen molar-refractivity contribution in [2.24, 2.45) is 0 Å². The fourth-order valence-electron chi connectivity index (χ4n) is 4.10. The van der Waals surface area contributed by atoms with Crippen molar-refractivity contribution in [3.05, 3.63) is 59.2 Å². The maximum atomic E-state index is 13.1. The van der Waals surface area contributed by atoms with Crippen LogP contribution in [0.1, 0.15) is 42.9 Å². The van der Waals surface area contributed by atoms with Gasteiger partial charge >= 0.3 is 0 Å². The van der Waals surface area contributed by atoms with E-state index in [1.54, 1.807) is 14.2 Å². The monoisotopic (exact) mass is 381 g/mol. The molecule has 1 unspecified atom stereocenters. The summed E-state index contributed by atoms with van der Waals surface area (Å²) in [5.41, 5.74) is 3.89. The fourth-order valence-corrected chi connectivity index (χ4v) is 4.10. The first-order valence-corrected chi connectivity index (χ1v) is 10.2. The lowest BCUT2D eigenvalue weighted by atomic mass is 9.87. The van der Waals surface area contributed by atoms with Crippen molar-refractivity contribution in [1.82, 2.24) is 4.90 Å². The van der Waals surface area contributed by atoms with Crippen LogP contribution in [0, 0.1) is 0 Å². The van der Waals surface area contributed by atoms with Crippen molar-refractivity contribution in [3.8, 4) is 11.5 Å². The third-order valence-corrected chi connectivity index (χ3v) is 5.59. The maximum absolute atomic E-state index is 13.1. The molecule has 0 saturated carbocycles. The van der Waals surface area contributed by atoms with Gasteiger partial charge in [0, 0.05) is 25.1 Å². The zero-order valence-electron chi connectivity index (χ0n) is 17.2. The van der Waals surface area contributed by atoms with Crippen molar-refractivity contribution in [1.29, 1.82) is 0 Å². The van der Waals surface area contributed by atoms with Crippen molar-refractivity contribution >= 4 is 5.91 Å². The Labute approximate surface area is 168 Å². The lowest BCUT2D eigenvalue weighted by Gasteiger charge is -2.35. The van der Waals surface area contributed by atoms with Gasteiger partial charge in [0.25, 0.3) is 0 Å². The van der Waals surface area contributed by atoms with Crippen LogP contribution in [0.5, 0.6) is 11.5 Å². The van der Waals surface area contributed by atoms with Gasteiger partial charge in [-0.25, -0.2) is 0 Å². The molecule has 1 atom stereocenters. The molecule has 1 aliphatic carbocycles. The van der Waals surface area contributed by atoms with Gasteiger partial charge in [0.1, 0.15) is 11.5 Å². The number of carbonyl (C=O) groups excluding carboxylic acids is 1. The summed E-state index contributed by atoms with van der Waals surface area (Å²) in [4.78, 5) is 15.2. The zero-order valence-corrected chi connectivity index (χ0v) is 17.2. The van der Waals surface area contributed by atoms with Crippen LogP contribution in [0.4, 0.5) is 0 Å². The first kappa shape index (κ1) is 20.2. The Balaban J connectivity index is 1.67. The highest BCUT2D eigenvalue weighted by atomic mass is 16.5. The molecule has 0 spiro atoms. The fraction of sp³-hybridized carbons (Fsp3) is 0.458. The molecule has 150 valence electrons. The van der Waals surface area contributed by atoms with E-state index in [2.05, 4.69) is 36.1 Å². The number of aryl methyl sites for hydroxylation is 2. The molecule has 1 aliphatic rings. The van der Waals surface area contributed by atoms with E-state index in [1.807, 2.05) is 18.2 Å². The minimum absolute atomic E-state index is 0.244. The summed E-state index contributed by atoms with van der Waals surface area (Å²) in [5.74, 6) is 1.76. The molecule has 0 saturated heterocycles. The van der Waals surface area contributed by atoms with Gasteiger partial charge in [0.05, 0.1) is 14.2 Å². The Morgan fingerprint density at radius 2 is 1.75 bits per heavy atom. The largest absolute Gasteiger partial charge is 0.497 e. The Hall–Kier alpha value is -2.49. The summed E-state index contributed by atoms with van der Waals surface area (Å²) in [5, 5.41) is 0. The Morgan fingerprint density at radius 1 is 1.07 bits per heavy atom. The van der Waals surface area contributed by atoms with Gasteiger partial charge < -0.3 is 14.4 Å². The molecule has 0 radical (unpaired) electrons. The second kappa shape index (κ2) is 9.63. The van der Waals surface area contributed by atoms with Gasteiger partial charge in [-0.05, 0) is 60.9 Å².